The maximum atomic E-state index is 5.90. The number of hydrogen-bond donors (Lipinski definition) is 1. The predicted molar refractivity (Wildman–Crippen MR) is 51.6 cm³/mol. The summed E-state index contributed by atoms with van der Waals surface area (Å²) in [6.07, 6.45) is 3.48. The molecule has 0 spiro atoms. The van der Waals surface area contributed by atoms with Gasteiger partial charge in [-0.1, -0.05) is 23.2 Å². The smallest absolute Gasteiger partial charge is 0.130 e. The predicted octanol–water partition coefficient (Wildman–Crippen LogP) is 2.28. The second kappa shape index (κ2) is 4.65. The van der Waals surface area contributed by atoms with Crippen molar-refractivity contribution in [3.8, 4) is 0 Å². The number of rotatable bonds is 3. The molecule has 2 N–H and O–H groups in total. The van der Waals surface area contributed by atoms with E-state index in [0.717, 1.165) is 18.4 Å². The minimum Gasteiger partial charge on any atom is -0.330 e. The Morgan fingerprint density at radius 2 is 2.17 bits per heavy atom. The summed E-state index contributed by atoms with van der Waals surface area (Å²) < 4.78 is 0. The van der Waals surface area contributed by atoms with E-state index in [9.17, 15) is 0 Å². The molecule has 0 atom stereocenters. The van der Waals surface area contributed by atoms with Crippen molar-refractivity contribution in [1.29, 1.82) is 0 Å². The van der Waals surface area contributed by atoms with Crippen LogP contribution >= 0.6 is 23.2 Å². The molecule has 0 unspecified atom stereocenters. The fourth-order valence-corrected chi connectivity index (χ4v) is 1.37. The zero-order valence-corrected chi connectivity index (χ0v) is 8.07. The largest absolute Gasteiger partial charge is 0.330 e. The second-order valence-corrected chi connectivity index (χ2v) is 3.29. The van der Waals surface area contributed by atoms with Crippen LogP contribution in [0, 0.1) is 0 Å². The number of aryl methyl sites for hydroxylation is 1. The minimum atomic E-state index is 0.427. The van der Waals surface area contributed by atoms with E-state index in [4.69, 9.17) is 28.9 Å². The Labute approximate surface area is 81.7 Å². The highest BCUT2D eigenvalue weighted by atomic mass is 35.5. The van der Waals surface area contributed by atoms with E-state index in [0.29, 0.717) is 16.7 Å². The van der Waals surface area contributed by atoms with Crippen molar-refractivity contribution >= 4 is 23.2 Å². The molecule has 1 aromatic heterocycles. The molecule has 0 bridgehead atoms. The van der Waals surface area contributed by atoms with Crippen LogP contribution in [0.3, 0.4) is 0 Å². The van der Waals surface area contributed by atoms with Crippen molar-refractivity contribution in [2.45, 2.75) is 12.8 Å². The van der Waals surface area contributed by atoms with E-state index >= 15 is 0 Å². The Hall–Kier alpha value is -0.310. The molecular formula is C8H10Cl2N2. The van der Waals surface area contributed by atoms with Crippen LogP contribution in [-0.2, 0) is 6.42 Å². The zero-order valence-electron chi connectivity index (χ0n) is 6.56. The van der Waals surface area contributed by atoms with Gasteiger partial charge in [0.1, 0.15) is 5.15 Å². The summed E-state index contributed by atoms with van der Waals surface area (Å²) in [6.45, 7) is 0.666. The molecule has 2 nitrogen and oxygen atoms in total. The molecule has 0 saturated carbocycles. The van der Waals surface area contributed by atoms with Gasteiger partial charge in [0, 0.05) is 11.2 Å². The Balaban J connectivity index is 2.72. The minimum absolute atomic E-state index is 0.427. The summed E-state index contributed by atoms with van der Waals surface area (Å²) in [4.78, 5) is 3.93. The lowest BCUT2D eigenvalue weighted by Crippen LogP contribution is -2.00. The van der Waals surface area contributed by atoms with Crippen molar-refractivity contribution in [3.05, 3.63) is 28.0 Å². The second-order valence-electron chi connectivity index (χ2n) is 2.49. The van der Waals surface area contributed by atoms with Crippen LogP contribution in [0.4, 0.5) is 0 Å². The van der Waals surface area contributed by atoms with Crippen LogP contribution < -0.4 is 5.73 Å². The lowest BCUT2D eigenvalue weighted by atomic mass is 10.1. The van der Waals surface area contributed by atoms with Crippen LogP contribution in [0.15, 0.2) is 12.3 Å². The van der Waals surface area contributed by atoms with Crippen LogP contribution in [0.2, 0.25) is 10.2 Å². The normalized spacial score (nSPS) is 10.2. The van der Waals surface area contributed by atoms with E-state index < -0.39 is 0 Å². The molecule has 0 aliphatic carbocycles. The van der Waals surface area contributed by atoms with Gasteiger partial charge >= 0.3 is 0 Å². The molecule has 0 saturated heterocycles. The highest BCUT2D eigenvalue weighted by Crippen LogP contribution is 2.19. The third-order valence-corrected chi connectivity index (χ3v) is 2.11. The third-order valence-electron chi connectivity index (χ3n) is 1.55. The Morgan fingerprint density at radius 3 is 2.75 bits per heavy atom. The van der Waals surface area contributed by atoms with Gasteiger partial charge in [-0.3, -0.25) is 0 Å². The monoisotopic (exact) mass is 204 g/mol. The number of pyridine rings is 1. The molecule has 1 heterocycles. The topological polar surface area (TPSA) is 38.9 Å². The molecule has 0 aromatic carbocycles. The molecule has 0 radical (unpaired) electrons. The molecule has 12 heavy (non-hydrogen) atoms. The number of halogens is 2. The van der Waals surface area contributed by atoms with Gasteiger partial charge in [0.15, 0.2) is 0 Å². The maximum absolute atomic E-state index is 5.90. The van der Waals surface area contributed by atoms with Crippen molar-refractivity contribution in [3.63, 3.8) is 0 Å². The lowest BCUT2D eigenvalue weighted by molar-refractivity contribution is 0.829. The Bertz CT molecular complexity index is 263. The lowest BCUT2D eigenvalue weighted by Gasteiger charge is -2.01. The summed E-state index contributed by atoms with van der Waals surface area (Å²) in [6, 6.07) is 1.65. The summed E-state index contributed by atoms with van der Waals surface area (Å²) >= 11 is 11.5. The molecule has 0 aliphatic rings. The molecule has 0 aliphatic heterocycles. The summed E-state index contributed by atoms with van der Waals surface area (Å²) in [5, 5.41) is 1.10. The summed E-state index contributed by atoms with van der Waals surface area (Å²) in [7, 11) is 0. The first-order chi connectivity index (χ1) is 5.74. The molecular weight excluding hydrogens is 195 g/mol. The molecule has 1 rings (SSSR count). The first kappa shape index (κ1) is 9.78. The van der Waals surface area contributed by atoms with Crippen LogP contribution in [-0.4, -0.2) is 11.5 Å². The van der Waals surface area contributed by atoms with Crippen molar-refractivity contribution in [2.75, 3.05) is 6.54 Å². The molecule has 4 heteroatoms. The number of hydrogen-bond acceptors (Lipinski definition) is 2. The maximum Gasteiger partial charge on any atom is 0.130 e. The van der Waals surface area contributed by atoms with E-state index in [1.54, 1.807) is 12.3 Å². The van der Waals surface area contributed by atoms with Gasteiger partial charge in [-0.2, -0.15) is 0 Å². The molecule has 0 fully saturated rings. The van der Waals surface area contributed by atoms with Crippen molar-refractivity contribution in [2.24, 2.45) is 5.73 Å². The average molecular weight is 205 g/mol. The third kappa shape index (κ3) is 2.63. The van der Waals surface area contributed by atoms with Crippen LogP contribution in [0.5, 0.6) is 0 Å². The molecule has 0 amide bonds. The quantitative estimate of drug-likeness (QED) is 0.768. The highest BCUT2D eigenvalue weighted by molar-refractivity contribution is 6.34. The highest BCUT2D eigenvalue weighted by Gasteiger charge is 2.00. The van der Waals surface area contributed by atoms with Crippen LogP contribution in [0.1, 0.15) is 12.0 Å². The fourth-order valence-electron chi connectivity index (χ4n) is 0.912. The Kier molecular flexibility index (Phi) is 3.79. The number of nitrogens with zero attached hydrogens (tertiary/aromatic N) is 1. The van der Waals surface area contributed by atoms with Crippen LogP contribution in [0.25, 0.3) is 0 Å². The van der Waals surface area contributed by atoms with Crippen molar-refractivity contribution < 1.29 is 0 Å². The SMILES string of the molecule is NCCCc1cnc(Cl)cc1Cl. The Morgan fingerprint density at radius 1 is 1.42 bits per heavy atom. The van der Waals surface area contributed by atoms with Gasteiger partial charge in [0.05, 0.1) is 0 Å². The van der Waals surface area contributed by atoms with Gasteiger partial charge in [-0.25, -0.2) is 4.98 Å². The van der Waals surface area contributed by atoms with Crippen molar-refractivity contribution in [1.82, 2.24) is 4.98 Å². The van der Waals surface area contributed by atoms with Gasteiger partial charge in [0.25, 0.3) is 0 Å². The number of aromatic nitrogens is 1. The van der Waals surface area contributed by atoms with E-state index in [2.05, 4.69) is 4.98 Å². The standard InChI is InChI=1S/C8H10Cl2N2/c9-7-4-8(10)12-5-6(7)2-1-3-11/h4-5H,1-3,11H2. The molecule has 66 valence electrons. The van der Waals surface area contributed by atoms with E-state index in [1.807, 2.05) is 0 Å². The van der Waals surface area contributed by atoms with E-state index in [1.165, 1.54) is 0 Å². The first-order valence-electron chi connectivity index (χ1n) is 3.74. The first-order valence-corrected chi connectivity index (χ1v) is 4.49. The fraction of sp³-hybridized carbons (Fsp3) is 0.375. The van der Waals surface area contributed by atoms with E-state index in [-0.39, 0.29) is 0 Å². The zero-order chi connectivity index (χ0) is 8.97. The number of nitrogens with two attached hydrogens (primary N) is 1. The van der Waals surface area contributed by atoms with Gasteiger partial charge in [0.2, 0.25) is 0 Å². The average Bonchev–Trinajstić information content (AvgIpc) is 2.03. The van der Waals surface area contributed by atoms with Gasteiger partial charge in [-0.15, -0.1) is 0 Å². The van der Waals surface area contributed by atoms with Gasteiger partial charge < -0.3 is 5.73 Å². The molecule has 1 aromatic rings. The summed E-state index contributed by atoms with van der Waals surface area (Å²) in [5.74, 6) is 0. The summed E-state index contributed by atoms with van der Waals surface area (Å²) in [5.41, 5.74) is 6.37. The van der Waals surface area contributed by atoms with Gasteiger partial charge in [-0.05, 0) is 31.0 Å².